The van der Waals surface area contributed by atoms with Crippen molar-refractivity contribution in [3.05, 3.63) is 0 Å². The average Bonchev–Trinajstić information content (AvgIpc) is 3.04. The van der Waals surface area contributed by atoms with Crippen molar-refractivity contribution in [2.75, 3.05) is 6.61 Å². The SMILES string of the molecule is CC[C@@H]1[C@@H](O)C2C3CCC([C@H](C)CCCO)[C@@]3(C)CCC2[C@@]2(C)CCCC[C@@H]12. The van der Waals surface area contributed by atoms with Gasteiger partial charge in [-0.3, -0.25) is 0 Å². The summed E-state index contributed by atoms with van der Waals surface area (Å²) in [6.07, 6.45) is 14.2. The first-order valence-electron chi connectivity index (χ1n) is 12.7. The van der Waals surface area contributed by atoms with E-state index in [0.29, 0.717) is 35.2 Å². The van der Waals surface area contributed by atoms with Crippen LogP contribution in [-0.2, 0) is 0 Å². The fraction of sp³-hybridized carbons (Fsp3) is 1.00. The molecule has 0 amide bonds. The normalized spacial score (nSPS) is 51.9. The van der Waals surface area contributed by atoms with E-state index < -0.39 is 0 Å². The van der Waals surface area contributed by atoms with Crippen LogP contribution < -0.4 is 0 Å². The van der Waals surface area contributed by atoms with Crippen LogP contribution in [0.2, 0.25) is 0 Å². The second kappa shape index (κ2) is 7.88. The van der Waals surface area contributed by atoms with Gasteiger partial charge in [0.25, 0.3) is 0 Å². The molecule has 28 heavy (non-hydrogen) atoms. The van der Waals surface area contributed by atoms with Crippen molar-refractivity contribution in [1.82, 2.24) is 0 Å². The Balaban J connectivity index is 1.63. The zero-order chi connectivity index (χ0) is 20.1. The van der Waals surface area contributed by atoms with Crippen LogP contribution in [0.5, 0.6) is 0 Å². The smallest absolute Gasteiger partial charge is 0.0605 e. The van der Waals surface area contributed by atoms with E-state index in [4.69, 9.17) is 0 Å². The summed E-state index contributed by atoms with van der Waals surface area (Å²) in [4.78, 5) is 0. The molecular formula is C26H46O2. The largest absolute Gasteiger partial charge is 0.396 e. The van der Waals surface area contributed by atoms with Crippen LogP contribution in [0.4, 0.5) is 0 Å². The predicted octanol–water partition coefficient (Wildman–Crippen LogP) is 6.05. The monoisotopic (exact) mass is 390 g/mol. The third-order valence-electron chi connectivity index (χ3n) is 10.9. The van der Waals surface area contributed by atoms with Crippen LogP contribution in [0, 0.1) is 52.3 Å². The van der Waals surface area contributed by atoms with Gasteiger partial charge in [0.05, 0.1) is 6.10 Å². The number of aliphatic hydroxyl groups excluding tert-OH is 2. The van der Waals surface area contributed by atoms with Crippen LogP contribution in [0.1, 0.15) is 98.3 Å². The summed E-state index contributed by atoms with van der Waals surface area (Å²) >= 11 is 0. The lowest BCUT2D eigenvalue weighted by Gasteiger charge is -2.64. The lowest BCUT2D eigenvalue weighted by Crippen LogP contribution is -2.61. The van der Waals surface area contributed by atoms with Gasteiger partial charge in [-0.25, -0.2) is 0 Å². The van der Waals surface area contributed by atoms with E-state index >= 15 is 0 Å². The summed E-state index contributed by atoms with van der Waals surface area (Å²) in [5, 5.41) is 21.0. The van der Waals surface area contributed by atoms with Gasteiger partial charge >= 0.3 is 0 Å². The first-order chi connectivity index (χ1) is 13.4. The molecule has 162 valence electrons. The predicted molar refractivity (Wildman–Crippen MR) is 116 cm³/mol. The van der Waals surface area contributed by atoms with Crippen molar-refractivity contribution in [3.8, 4) is 0 Å². The van der Waals surface area contributed by atoms with Crippen LogP contribution in [-0.4, -0.2) is 22.9 Å². The van der Waals surface area contributed by atoms with Crippen molar-refractivity contribution in [1.29, 1.82) is 0 Å². The van der Waals surface area contributed by atoms with Crippen molar-refractivity contribution < 1.29 is 10.2 Å². The molecule has 2 nitrogen and oxygen atoms in total. The van der Waals surface area contributed by atoms with Crippen LogP contribution >= 0.6 is 0 Å². The van der Waals surface area contributed by atoms with Crippen LogP contribution in [0.15, 0.2) is 0 Å². The molecule has 0 spiro atoms. The molecule has 4 unspecified atom stereocenters. The molecule has 0 aromatic rings. The minimum Gasteiger partial charge on any atom is -0.396 e. The number of hydrogen-bond acceptors (Lipinski definition) is 2. The molecule has 10 atom stereocenters. The van der Waals surface area contributed by atoms with Crippen LogP contribution in [0.3, 0.4) is 0 Å². The Morgan fingerprint density at radius 3 is 2.39 bits per heavy atom. The number of rotatable bonds is 5. The molecule has 0 aromatic heterocycles. The number of aliphatic hydroxyl groups is 2. The Morgan fingerprint density at radius 2 is 1.68 bits per heavy atom. The van der Waals surface area contributed by atoms with Gasteiger partial charge in [0, 0.05) is 6.61 Å². The molecule has 4 rings (SSSR count). The third-order valence-corrected chi connectivity index (χ3v) is 10.9. The van der Waals surface area contributed by atoms with E-state index in [-0.39, 0.29) is 6.10 Å². The van der Waals surface area contributed by atoms with Gasteiger partial charge < -0.3 is 10.2 Å². The van der Waals surface area contributed by atoms with E-state index in [9.17, 15) is 10.2 Å². The second-order valence-corrected chi connectivity index (χ2v) is 11.8. The van der Waals surface area contributed by atoms with E-state index in [0.717, 1.165) is 42.9 Å². The number of fused-ring (bicyclic) bond motifs is 5. The van der Waals surface area contributed by atoms with E-state index in [1.54, 1.807) is 0 Å². The van der Waals surface area contributed by atoms with E-state index in [1.165, 1.54) is 51.4 Å². The van der Waals surface area contributed by atoms with Crippen LogP contribution in [0.25, 0.3) is 0 Å². The first kappa shape index (κ1) is 21.2. The topological polar surface area (TPSA) is 40.5 Å². The van der Waals surface area contributed by atoms with Gasteiger partial charge in [-0.15, -0.1) is 0 Å². The molecule has 4 aliphatic rings. The standard InChI is InChI=1S/C26H46O2/c1-5-18-20-10-6-7-14-25(20,3)22-13-15-26(4)19(17(2)9-8-16-27)11-12-21(26)23(22)24(18)28/h17-24,27-28H,5-16H2,1-4H3/t17-,18+,19?,20+,21?,22?,23?,24-,25+,26-/m1/s1. The Hall–Kier alpha value is -0.0800. The molecule has 4 aliphatic carbocycles. The zero-order valence-corrected chi connectivity index (χ0v) is 19.0. The van der Waals surface area contributed by atoms with Crippen molar-refractivity contribution >= 4 is 0 Å². The summed E-state index contributed by atoms with van der Waals surface area (Å²) < 4.78 is 0. The molecule has 0 radical (unpaired) electrons. The molecule has 0 bridgehead atoms. The highest BCUT2D eigenvalue weighted by molar-refractivity contribution is 5.13. The molecular weight excluding hydrogens is 344 g/mol. The summed E-state index contributed by atoms with van der Waals surface area (Å²) in [6.45, 7) is 10.3. The van der Waals surface area contributed by atoms with E-state index in [2.05, 4.69) is 27.7 Å². The van der Waals surface area contributed by atoms with Gasteiger partial charge in [-0.2, -0.15) is 0 Å². The zero-order valence-electron chi connectivity index (χ0n) is 19.0. The molecule has 4 fully saturated rings. The highest BCUT2D eigenvalue weighted by Crippen LogP contribution is 2.69. The van der Waals surface area contributed by atoms with Gasteiger partial charge in [-0.1, -0.05) is 47.0 Å². The van der Waals surface area contributed by atoms with Crippen molar-refractivity contribution in [3.63, 3.8) is 0 Å². The van der Waals surface area contributed by atoms with Gasteiger partial charge in [0.1, 0.15) is 0 Å². The molecule has 4 saturated carbocycles. The fourth-order valence-corrected chi connectivity index (χ4v) is 9.63. The minimum atomic E-state index is -0.0673. The maximum Gasteiger partial charge on any atom is 0.0605 e. The maximum absolute atomic E-state index is 11.7. The maximum atomic E-state index is 11.7. The quantitative estimate of drug-likeness (QED) is 0.600. The Bertz CT molecular complexity index is 547. The second-order valence-electron chi connectivity index (χ2n) is 11.8. The number of hydrogen-bond donors (Lipinski definition) is 2. The third kappa shape index (κ3) is 3.03. The Morgan fingerprint density at radius 1 is 0.929 bits per heavy atom. The molecule has 2 heteroatoms. The van der Waals surface area contributed by atoms with Gasteiger partial charge in [-0.05, 0) is 104 Å². The highest BCUT2D eigenvalue weighted by Gasteiger charge is 2.64. The Kier molecular flexibility index (Phi) is 5.95. The van der Waals surface area contributed by atoms with Crippen molar-refractivity contribution in [2.45, 2.75) is 104 Å². The van der Waals surface area contributed by atoms with E-state index in [1.807, 2.05) is 0 Å². The molecule has 0 saturated heterocycles. The summed E-state index contributed by atoms with van der Waals surface area (Å²) in [5.41, 5.74) is 0.887. The van der Waals surface area contributed by atoms with Gasteiger partial charge in [0.15, 0.2) is 0 Å². The highest BCUT2D eigenvalue weighted by atomic mass is 16.3. The lowest BCUT2D eigenvalue weighted by atomic mass is 9.41. The lowest BCUT2D eigenvalue weighted by molar-refractivity contribution is -0.194. The summed E-state index contributed by atoms with van der Waals surface area (Å²) in [6, 6.07) is 0. The van der Waals surface area contributed by atoms with Crippen molar-refractivity contribution in [2.24, 2.45) is 52.3 Å². The fourth-order valence-electron chi connectivity index (χ4n) is 9.63. The summed E-state index contributed by atoms with van der Waals surface area (Å²) in [5.74, 6) is 4.79. The first-order valence-corrected chi connectivity index (χ1v) is 12.7. The summed E-state index contributed by atoms with van der Waals surface area (Å²) in [7, 11) is 0. The molecule has 0 heterocycles. The Labute approximate surface area is 173 Å². The molecule has 2 N–H and O–H groups in total. The molecule has 0 aromatic carbocycles. The average molecular weight is 391 g/mol. The van der Waals surface area contributed by atoms with Gasteiger partial charge in [0.2, 0.25) is 0 Å². The minimum absolute atomic E-state index is 0.0673. The molecule has 0 aliphatic heterocycles.